The van der Waals surface area contributed by atoms with Gasteiger partial charge >= 0.3 is 0 Å². The van der Waals surface area contributed by atoms with Crippen LogP contribution in [0.1, 0.15) is 53.0 Å². The quantitative estimate of drug-likeness (QED) is 0.740. The molecule has 1 unspecified atom stereocenters. The maximum atomic E-state index is 12.5. The normalized spacial score (nSPS) is 20.4. The lowest BCUT2D eigenvalue weighted by molar-refractivity contribution is -0.149. The third-order valence-electron chi connectivity index (χ3n) is 4.09. The number of carbonyl (C=O) groups is 4. The van der Waals surface area contributed by atoms with Crippen molar-refractivity contribution < 1.29 is 19.2 Å². The first-order chi connectivity index (χ1) is 10.9. The smallest absolute Gasteiger partial charge is 0.262 e. The summed E-state index contributed by atoms with van der Waals surface area (Å²) >= 11 is 0. The van der Waals surface area contributed by atoms with Gasteiger partial charge < -0.3 is 0 Å². The van der Waals surface area contributed by atoms with Crippen LogP contribution in [0.5, 0.6) is 0 Å². The van der Waals surface area contributed by atoms with Gasteiger partial charge in [-0.25, -0.2) is 0 Å². The SMILES string of the molecule is CC.Cc1cccc2c1C(=O)N(C1CCC(=O)N(C)C1=O)C2=O. The third-order valence-corrected chi connectivity index (χ3v) is 4.09. The van der Waals surface area contributed by atoms with E-state index in [2.05, 4.69) is 0 Å². The van der Waals surface area contributed by atoms with Crippen molar-refractivity contribution >= 4 is 23.6 Å². The zero-order valence-electron chi connectivity index (χ0n) is 13.8. The second-order valence-corrected chi connectivity index (χ2v) is 5.32. The summed E-state index contributed by atoms with van der Waals surface area (Å²) in [4.78, 5) is 50.7. The summed E-state index contributed by atoms with van der Waals surface area (Å²) in [7, 11) is 1.38. The predicted molar refractivity (Wildman–Crippen MR) is 83.8 cm³/mol. The largest absolute Gasteiger partial charge is 0.284 e. The fourth-order valence-electron chi connectivity index (χ4n) is 2.89. The van der Waals surface area contributed by atoms with Crippen LogP contribution in [0.2, 0.25) is 0 Å². The molecule has 2 heterocycles. The number of piperidine rings is 1. The molecule has 23 heavy (non-hydrogen) atoms. The minimum absolute atomic E-state index is 0.152. The lowest BCUT2D eigenvalue weighted by Gasteiger charge is -2.32. The van der Waals surface area contributed by atoms with Crippen molar-refractivity contribution in [2.75, 3.05) is 7.05 Å². The van der Waals surface area contributed by atoms with E-state index >= 15 is 0 Å². The molecule has 2 aliphatic rings. The monoisotopic (exact) mass is 316 g/mol. The Labute approximate surface area is 135 Å². The summed E-state index contributed by atoms with van der Waals surface area (Å²) in [6, 6.07) is 4.16. The van der Waals surface area contributed by atoms with Gasteiger partial charge in [0.15, 0.2) is 0 Å². The number of hydrogen-bond donors (Lipinski definition) is 0. The summed E-state index contributed by atoms with van der Waals surface area (Å²) in [6.07, 6.45) is 0.339. The number of likely N-dealkylation sites (N-methyl/N-ethyl adjacent to an activating group) is 1. The van der Waals surface area contributed by atoms with E-state index in [1.807, 2.05) is 13.8 Å². The molecule has 1 saturated heterocycles. The summed E-state index contributed by atoms with van der Waals surface area (Å²) < 4.78 is 0. The Hall–Kier alpha value is -2.50. The van der Waals surface area contributed by atoms with E-state index in [9.17, 15) is 19.2 Å². The molecule has 0 spiro atoms. The van der Waals surface area contributed by atoms with Gasteiger partial charge in [0.1, 0.15) is 6.04 Å². The van der Waals surface area contributed by atoms with Gasteiger partial charge in [-0.1, -0.05) is 26.0 Å². The molecule has 0 N–H and O–H groups in total. The van der Waals surface area contributed by atoms with Crippen LogP contribution in [-0.2, 0) is 9.59 Å². The second-order valence-electron chi connectivity index (χ2n) is 5.32. The highest BCUT2D eigenvalue weighted by Crippen LogP contribution is 2.30. The van der Waals surface area contributed by atoms with Gasteiger partial charge in [0.05, 0.1) is 11.1 Å². The maximum absolute atomic E-state index is 12.5. The van der Waals surface area contributed by atoms with Crippen LogP contribution in [0.15, 0.2) is 18.2 Å². The molecule has 1 aromatic carbocycles. The van der Waals surface area contributed by atoms with Crippen molar-refractivity contribution in [2.45, 2.75) is 39.7 Å². The number of benzene rings is 1. The van der Waals surface area contributed by atoms with Crippen LogP contribution in [-0.4, -0.2) is 46.5 Å². The van der Waals surface area contributed by atoms with Gasteiger partial charge in [-0.3, -0.25) is 29.0 Å². The van der Waals surface area contributed by atoms with Crippen LogP contribution in [0.25, 0.3) is 0 Å². The van der Waals surface area contributed by atoms with Gasteiger partial charge in [0, 0.05) is 13.5 Å². The van der Waals surface area contributed by atoms with E-state index < -0.39 is 23.8 Å². The van der Waals surface area contributed by atoms with Gasteiger partial charge in [0.25, 0.3) is 17.7 Å². The van der Waals surface area contributed by atoms with Crippen molar-refractivity contribution in [3.8, 4) is 0 Å². The molecule has 0 aromatic heterocycles. The first kappa shape index (κ1) is 16.9. The number of rotatable bonds is 1. The lowest BCUT2D eigenvalue weighted by Crippen LogP contribution is -2.54. The molecule has 1 fully saturated rings. The maximum Gasteiger partial charge on any atom is 0.262 e. The van der Waals surface area contributed by atoms with E-state index in [1.165, 1.54) is 7.05 Å². The molecule has 1 aromatic rings. The van der Waals surface area contributed by atoms with Crippen molar-refractivity contribution in [3.63, 3.8) is 0 Å². The second kappa shape index (κ2) is 6.32. The van der Waals surface area contributed by atoms with E-state index in [4.69, 9.17) is 0 Å². The van der Waals surface area contributed by atoms with Crippen LogP contribution >= 0.6 is 0 Å². The molecule has 122 valence electrons. The van der Waals surface area contributed by atoms with Gasteiger partial charge in [0.2, 0.25) is 5.91 Å². The molecular formula is C17H20N2O4. The molecule has 0 bridgehead atoms. The van der Waals surface area contributed by atoms with Gasteiger partial charge in [-0.2, -0.15) is 0 Å². The molecular weight excluding hydrogens is 296 g/mol. The Morgan fingerprint density at radius 1 is 1.04 bits per heavy atom. The zero-order valence-corrected chi connectivity index (χ0v) is 13.8. The van der Waals surface area contributed by atoms with E-state index in [0.29, 0.717) is 16.7 Å². The first-order valence-corrected chi connectivity index (χ1v) is 7.71. The Balaban J connectivity index is 0.000000924. The Kier molecular flexibility index (Phi) is 4.63. The molecule has 0 saturated carbocycles. The van der Waals surface area contributed by atoms with Crippen molar-refractivity contribution in [1.82, 2.24) is 9.80 Å². The average Bonchev–Trinajstić information content (AvgIpc) is 2.80. The molecule has 6 heteroatoms. The highest BCUT2D eigenvalue weighted by Gasteiger charge is 2.46. The number of amides is 4. The van der Waals surface area contributed by atoms with Gasteiger partial charge in [-0.05, 0) is 25.0 Å². The highest BCUT2D eigenvalue weighted by atomic mass is 16.2. The standard InChI is InChI=1S/C15H14N2O4.C2H6/c1-8-4-3-5-9-12(8)15(21)17(13(9)19)10-6-7-11(18)16(2)14(10)20;1-2/h3-5,10H,6-7H2,1-2H3;1-2H3. The molecule has 3 rings (SSSR count). The van der Waals surface area contributed by atoms with Crippen molar-refractivity contribution in [1.29, 1.82) is 0 Å². The van der Waals surface area contributed by atoms with Crippen molar-refractivity contribution in [2.24, 2.45) is 0 Å². The summed E-state index contributed by atoms with van der Waals surface area (Å²) in [5, 5.41) is 0. The number of nitrogens with zero attached hydrogens (tertiary/aromatic N) is 2. The van der Waals surface area contributed by atoms with Crippen LogP contribution < -0.4 is 0 Å². The summed E-state index contributed by atoms with van der Waals surface area (Å²) in [5.41, 5.74) is 1.39. The number of fused-ring (bicyclic) bond motifs is 1. The third kappa shape index (κ3) is 2.54. The first-order valence-electron chi connectivity index (χ1n) is 7.71. The van der Waals surface area contributed by atoms with Gasteiger partial charge in [-0.15, -0.1) is 0 Å². The van der Waals surface area contributed by atoms with E-state index in [1.54, 1.807) is 25.1 Å². The lowest BCUT2D eigenvalue weighted by atomic mass is 10.0. The fourth-order valence-corrected chi connectivity index (χ4v) is 2.89. The molecule has 0 radical (unpaired) electrons. The predicted octanol–water partition coefficient (Wildman–Crippen LogP) is 1.76. The highest BCUT2D eigenvalue weighted by molar-refractivity contribution is 6.24. The molecule has 6 nitrogen and oxygen atoms in total. The van der Waals surface area contributed by atoms with Crippen LogP contribution in [0.3, 0.4) is 0 Å². The van der Waals surface area contributed by atoms with Crippen LogP contribution in [0, 0.1) is 6.92 Å². The Bertz CT molecular complexity index is 696. The minimum atomic E-state index is -0.889. The number of imide groups is 2. The zero-order chi connectivity index (χ0) is 17.3. The fraction of sp³-hybridized carbons (Fsp3) is 0.412. The van der Waals surface area contributed by atoms with E-state index in [-0.39, 0.29) is 18.7 Å². The molecule has 2 aliphatic heterocycles. The summed E-state index contributed by atoms with van der Waals surface area (Å²) in [5.74, 6) is -1.70. The number of hydrogen-bond acceptors (Lipinski definition) is 4. The van der Waals surface area contributed by atoms with Crippen molar-refractivity contribution in [3.05, 3.63) is 34.9 Å². The molecule has 0 aliphatic carbocycles. The van der Waals surface area contributed by atoms with Crippen LogP contribution in [0.4, 0.5) is 0 Å². The van der Waals surface area contributed by atoms with E-state index in [0.717, 1.165) is 9.80 Å². The Morgan fingerprint density at radius 3 is 2.30 bits per heavy atom. The number of aryl methyl sites for hydroxylation is 1. The average molecular weight is 316 g/mol. The minimum Gasteiger partial charge on any atom is -0.284 e. The topological polar surface area (TPSA) is 74.8 Å². The summed E-state index contributed by atoms with van der Waals surface area (Å²) in [6.45, 7) is 5.76. The number of likely N-dealkylation sites (tertiary alicyclic amines) is 1. The molecule has 1 atom stereocenters. The number of carbonyl (C=O) groups excluding carboxylic acids is 4. The molecule has 4 amide bonds. The Morgan fingerprint density at radius 2 is 1.70 bits per heavy atom.